The number of carboxylic acid groups (broad SMARTS) is 1. The topological polar surface area (TPSA) is 60.9 Å². The fraction of sp³-hybridized carbons (Fsp3) is 0.875. The molecule has 0 bridgehead atoms. The normalized spacial score (nSPS) is 25.7. The van der Waals surface area contributed by atoms with Crippen LogP contribution < -0.4 is 0 Å². The van der Waals surface area contributed by atoms with E-state index in [0.717, 1.165) is 51.7 Å². The van der Waals surface area contributed by atoms with Crippen molar-refractivity contribution in [1.29, 1.82) is 0 Å². The van der Waals surface area contributed by atoms with Crippen molar-refractivity contribution in [3.63, 3.8) is 0 Å². The lowest BCUT2D eigenvalue weighted by atomic mass is 10.1. The van der Waals surface area contributed by atoms with Crippen molar-refractivity contribution < 1.29 is 14.7 Å². The third-order valence-corrected chi connectivity index (χ3v) is 4.70. The van der Waals surface area contributed by atoms with Gasteiger partial charge in [-0.3, -0.25) is 14.5 Å². The molecule has 1 N–H and O–H groups in total. The van der Waals surface area contributed by atoms with E-state index >= 15 is 0 Å². The van der Waals surface area contributed by atoms with Crippen molar-refractivity contribution in [3.8, 4) is 0 Å². The molecule has 0 aromatic rings. The molecular weight excluding hydrogens is 268 g/mol. The molecule has 1 amide bonds. The van der Waals surface area contributed by atoms with E-state index in [1.165, 1.54) is 19.3 Å². The largest absolute Gasteiger partial charge is 0.480 e. The molecule has 5 nitrogen and oxygen atoms in total. The highest BCUT2D eigenvalue weighted by Crippen LogP contribution is 2.18. The molecule has 0 aromatic heterocycles. The highest BCUT2D eigenvalue weighted by atomic mass is 16.4. The van der Waals surface area contributed by atoms with Gasteiger partial charge in [-0.25, -0.2) is 0 Å². The number of carboxylic acids is 1. The Labute approximate surface area is 127 Å². The molecule has 0 aliphatic carbocycles. The second-order valence-corrected chi connectivity index (χ2v) is 6.32. The number of carbonyl (C=O) groups is 2. The highest BCUT2D eigenvalue weighted by molar-refractivity contribution is 5.80. The van der Waals surface area contributed by atoms with Gasteiger partial charge < -0.3 is 10.0 Å². The highest BCUT2D eigenvalue weighted by Gasteiger charge is 2.29. The van der Waals surface area contributed by atoms with E-state index in [1.54, 1.807) is 0 Å². The summed E-state index contributed by atoms with van der Waals surface area (Å²) in [6, 6.07) is -0.480. The predicted molar refractivity (Wildman–Crippen MR) is 81.1 cm³/mol. The number of nitrogens with zero attached hydrogens (tertiary/aromatic N) is 2. The minimum atomic E-state index is -0.780. The summed E-state index contributed by atoms with van der Waals surface area (Å²) in [6.07, 6.45) is 9.51. The summed E-state index contributed by atoms with van der Waals surface area (Å²) in [5.74, 6) is -0.664. The van der Waals surface area contributed by atoms with Gasteiger partial charge >= 0.3 is 5.97 Å². The summed E-state index contributed by atoms with van der Waals surface area (Å²) >= 11 is 0. The number of carbonyl (C=O) groups excluding carboxylic acids is 1. The molecule has 5 heteroatoms. The van der Waals surface area contributed by atoms with Crippen LogP contribution in [0.15, 0.2) is 0 Å². The monoisotopic (exact) mass is 296 g/mol. The molecule has 2 saturated heterocycles. The van der Waals surface area contributed by atoms with Crippen LogP contribution in [-0.2, 0) is 9.59 Å². The quantitative estimate of drug-likeness (QED) is 0.866. The standard InChI is InChI=1S/C16H28N2O3/c19-15(17-10-6-2-1-3-7-11-17)13-18-12-8-4-5-9-14(18)16(20)21/h14H,1-13H2,(H,20,21). The number of hydrogen-bond donors (Lipinski definition) is 1. The molecule has 0 radical (unpaired) electrons. The van der Waals surface area contributed by atoms with Crippen LogP contribution in [0.1, 0.15) is 57.8 Å². The summed E-state index contributed by atoms with van der Waals surface area (Å²) in [5, 5.41) is 9.37. The average Bonchev–Trinajstić information content (AvgIpc) is 2.63. The van der Waals surface area contributed by atoms with Gasteiger partial charge in [-0.1, -0.05) is 32.1 Å². The lowest BCUT2D eigenvalue weighted by molar-refractivity contribution is -0.145. The Kier molecular flexibility index (Phi) is 6.49. The second-order valence-electron chi connectivity index (χ2n) is 6.32. The van der Waals surface area contributed by atoms with Crippen molar-refractivity contribution >= 4 is 11.9 Å². The van der Waals surface area contributed by atoms with Gasteiger partial charge in [0.15, 0.2) is 0 Å². The number of aliphatic carboxylic acids is 1. The van der Waals surface area contributed by atoms with E-state index in [1.807, 2.05) is 9.80 Å². The van der Waals surface area contributed by atoms with Crippen LogP contribution in [0.5, 0.6) is 0 Å². The Morgan fingerprint density at radius 1 is 0.857 bits per heavy atom. The zero-order chi connectivity index (χ0) is 15.1. The van der Waals surface area contributed by atoms with E-state index in [4.69, 9.17) is 0 Å². The Bertz CT molecular complexity index is 351. The maximum absolute atomic E-state index is 12.5. The van der Waals surface area contributed by atoms with E-state index in [9.17, 15) is 14.7 Å². The van der Waals surface area contributed by atoms with Gasteiger partial charge in [0, 0.05) is 13.1 Å². The number of rotatable bonds is 3. The van der Waals surface area contributed by atoms with Gasteiger partial charge in [0.25, 0.3) is 0 Å². The summed E-state index contributed by atoms with van der Waals surface area (Å²) in [4.78, 5) is 27.7. The molecule has 1 atom stereocenters. The maximum atomic E-state index is 12.5. The van der Waals surface area contributed by atoms with Gasteiger partial charge in [0.1, 0.15) is 6.04 Å². The minimum absolute atomic E-state index is 0.116. The molecule has 0 saturated carbocycles. The predicted octanol–water partition coefficient (Wildman–Crippen LogP) is 2.11. The summed E-state index contributed by atoms with van der Waals surface area (Å²) in [6.45, 7) is 2.68. The lowest BCUT2D eigenvalue weighted by Gasteiger charge is -2.30. The van der Waals surface area contributed by atoms with Crippen LogP contribution in [0.4, 0.5) is 0 Å². The van der Waals surface area contributed by atoms with Gasteiger partial charge in [-0.15, -0.1) is 0 Å². The molecule has 0 spiro atoms. The van der Waals surface area contributed by atoms with Crippen LogP contribution in [0.25, 0.3) is 0 Å². The maximum Gasteiger partial charge on any atom is 0.320 e. The van der Waals surface area contributed by atoms with Crippen molar-refractivity contribution in [1.82, 2.24) is 9.80 Å². The fourth-order valence-corrected chi connectivity index (χ4v) is 3.41. The second kappa shape index (κ2) is 8.37. The van der Waals surface area contributed by atoms with E-state index in [2.05, 4.69) is 0 Å². The molecular formula is C16H28N2O3. The first-order valence-corrected chi connectivity index (χ1v) is 8.43. The number of amides is 1. The molecule has 2 rings (SSSR count). The molecule has 120 valence electrons. The van der Waals surface area contributed by atoms with E-state index < -0.39 is 12.0 Å². The molecule has 21 heavy (non-hydrogen) atoms. The summed E-state index contributed by atoms with van der Waals surface area (Å²) in [5.41, 5.74) is 0. The first-order valence-electron chi connectivity index (χ1n) is 8.43. The Morgan fingerprint density at radius 3 is 2.10 bits per heavy atom. The zero-order valence-corrected chi connectivity index (χ0v) is 12.9. The average molecular weight is 296 g/mol. The van der Waals surface area contributed by atoms with Crippen molar-refractivity contribution in [3.05, 3.63) is 0 Å². The first kappa shape index (κ1) is 16.3. The minimum Gasteiger partial charge on any atom is -0.480 e. The van der Waals surface area contributed by atoms with Gasteiger partial charge in [-0.05, 0) is 32.2 Å². The fourth-order valence-electron chi connectivity index (χ4n) is 3.41. The van der Waals surface area contributed by atoms with E-state index in [-0.39, 0.29) is 12.5 Å². The van der Waals surface area contributed by atoms with Crippen LogP contribution in [-0.4, -0.2) is 59.0 Å². The van der Waals surface area contributed by atoms with Crippen LogP contribution in [0, 0.1) is 0 Å². The number of likely N-dealkylation sites (tertiary alicyclic amines) is 2. The van der Waals surface area contributed by atoms with Crippen LogP contribution in [0.2, 0.25) is 0 Å². The molecule has 2 fully saturated rings. The Balaban J connectivity index is 1.93. The first-order chi connectivity index (χ1) is 10.2. The van der Waals surface area contributed by atoms with Crippen molar-refractivity contribution in [2.75, 3.05) is 26.2 Å². The summed E-state index contributed by atoms with van der Waals surface area (Å²) < 4.78 is 0. The van der Waals surface area contributed by atoms with Gasteiger partial charge in [0.05, 0.1) is 6.54 Å². The zero-order valence-electron chi connectivity index (χ0n) is 12.9. The van der Waals surface area contributed by atoms with Gasteiger partial charge in [-0.2, -0.15) is 0 Å². The van der Waals surface area contributed by atoms with Gasteiger partial charge in [0.2, 0.25) is 5.91 Å². The molecule has 2 heterocycles. The molecule has 1 unspecified atom stereocenters. The third-order valence-electron chi connectivity index (χ3n) is 4.70. The Morgan fingerprint density at radius 2 is 1.43 bits per heavy atom. The van der Waals surface area contributed by atoms with Crippen molar-refractivity contribution in [2.24, 2.45) is 0 Å². The van der Waals surface area contributed by atoms with Crippen molar-refractivity contribution in [2.45, 2.75) is 63.8 Å². The van der Waals surface area contributed by atoms with E-state index in [0.29, 0.717) is 6.42 Å². The lowest BCUT2D eigenvalue weighted by Crippen LogP contribution is -2.48. The third kappa shape index (κ3) is 4.99. The van der Waals surface area contributed by atoms with Crippen LogP contribution >= 0.6 is 0 Å². The summed E-state index contributed by atoms with van der Waals surface area (Å²) in [7, 11) is 0. The molecule has 2 aliphatic heterocycles. The molecule has 0 aromatic carbocycles. The Hall–Kier alpha value is -1.10. The van der Waals surface area contributed by atoms with Crippen LogP contribution in [0.3, 0.4) is 0 Å². The molecule has 2 aliphatic rings. The SMILES string of the molecule is O=C(O)C1CCCCCN1CC(=O)N1CCCCCCC1. The smallest absolute Gasteiger partial charge is 0.320 e. The number of hydrogen-bond acceptors (Lipinski definition) is 3.